The van der Waals surface area contributed by atoms with Gasteiger partial charge in [-0.25, -0.2) is 0 Å². The lowest BCUT2D eigenvalue weighted by molar-refractivity contribution is 0.156. The van der Waals surface area contributed by atoms with E-state index in [1.54, 1.807) is 0 Å². The highest BCUT2D eigenvalue weighted by Gasteiger charge is 2.27. The molecule has 2 nitrogen and oxygen atoms in total. The highest BCUT2D eigenvalue weighted by molar-refractivity contribution is 5.48. The largest absolute Gasteiger partial charge is 0.381 e. The minimum atomic E-state index is 0.631. The summed E-state index contributed by atoms with van der Waals surface area (Å²) in [5, 5.41) is 3.76. The minimum Gasteiger partial charge on any atom is -0.381 e. The molecule has 0 bridgehead atoms. The summed E-state index contributed by atoms with van der Waals surface area (Å²) in [4.78, 5) is 2.75. The average molecular weight is 272 g/mol. The van der Waals surface area contributed by atoms with E-state index in [1.807, 2.05) is 0 Å². The molecular weight excluding hydrogens is 244 g/mol. The molecule has 1 aromatic carbocycles. The van der Waals surface area contributed by atoms with Gasteiger partial charge in [0.15, 0.2) is 0 Å². The first-order valence-corrected chi connectivity index (χ1v) is 8.30. The van der Waals surface area contributed by atoms with E-state index in [0.29, 0.717) is 6.04 Å². The highest BCUT2D eigenvalue weighted by Crippen LogP contribution is 2.27. The van der Waals surface area contributed by atoms with Gasteiger partial charge in [0.2, 0.25) is 0 Å². The molecule has 0 spiro atoms. The van der Waals surface area contributed by atoms with Crippen molar-refractivity contribution < 1.29 is 0 Å². The number of aryl methyl sites for hydroxylation is 2. The zero-order valence-electron chi connectivity index (χ0n) is 13.0. The van der Waals surface area contributed by atoms with Crippen molar-refractivity contribution in [2.75, 3.05) is 18.4 Å². The molecule has 2 heteroatoms. The van der Waals surface area contributed by atoms with E-state index in [-0.39, 0.29) is 0 Å². The van der Waals surface area contributed by atoms with Crippen LogP contribution < -0.4 is 5.32 Å². The zero-order valence-corrected chi connectivity index (χ0v) is 13.0. The van der Waals surface area contributed by atoms with Gasteiger partial charge in [-0.2, -0.15) is 0 Å². The van der Waals surface area contributed by atoms with Crippen LogP contribution in [0.5, 0.6) is 0 Å². The molecule has 1 saturated carbocycles. The quantitative estimate of drug-likeness (QED) is 0.890. The zero-order chi connectivity index (χ0) is 13.9. The molecule has 2 fully saturated rings. The lowest BCUT2D eigenvalue weighted by atomic mass is 10.0. The number of hydrogen-bond donors (Lipinski definition) is 1. The highest BCUT2D eigenvalue weighted by atomic mass is 15.2. The third kappa shape index (κ3) is 3.17. The summed E-state index contributed by atoms with van der Waals surface area (Å²) in [7, 11) is 0. The number of piperidine rings is 1. The number of nitrogens with zero attached hydrogens (tertiary/aromatic N) is 1. The van der Waals surface area contributed by atoms with Crippen molar-refractivity contribution in [3.05, 3.63) is 29.3 Å². The van der Waals surface area contributed by atoms with Crippen molar-refractivity contribution >= 4 is 5.69 Å². The van der Waals surface area contributed by atoms with Crippen LogP contribution in [0.3, 0.4) is 0 Å². The van der Waals surface area contributed by atoms with Crippen LogP contribution in [0.2, 0.25) is 0 Å². The Morgan fingerprint density at radius 2 is 1.80 bits per heavy atom. The van der Waals surface area contributed by atoms with Gasteiger partial charge in [0.05, 0.1) is 0 Å². The number of likely N-dealkylation sites (tertiary alicyclic amines) is 1. The van der Waals surface area contributed by atoms with Crippen LogP contribution in [-0.4, -0.2) is 30.1 Å². The second-order valence-corrected chi connectivity index (χ2v) is 6.72. The molecule has 1 N–H and O–H groups in total. The molecule has 1 aliphatic carbocycles. The maximum atomic E-state index is 3.76. The minimum absolute atomic E-state index is 0.631. The molecule has 1 saturated heterocycles. The molecule has 2 aliphatic rings. The van der Waals surface area contributed by atoms with Gasteiger partial charge in [-0.1, -0.05) is 18.9 Å². The summed E-state index contributed by atoms with van der Waals surface area (Å²) >= 11 is 0. The Kier molecular flexibility index (Phi) is 4.30. The first-order chi connectivity index (χ1) is 9.72. The van der Waals surface area contributed by atoms with E-state index in [9.17, 15) is 0 Å². The number of rotatable bonds is 3. The third-order valence-corrected chi connectivity index (χ3v) is 5.17. The van der Waals surface area contributed by atoms with Gasteiger partial charge in [0.1, 0.15) is 0 Å². The first kappa shape index (κ1) is 13.9. The van der Waals surface area contributed by atoms with E-state index in [1.165, 1.54) is 68.4 Å². The van der Waals surface area contributed by atoms with Gasteiger partial charge in [0, 0.05) is 24.3 Å². The van der Waals surface area contributed by atoms with Gasteiger partial charge in [-0.3, -0.25) is 4.90 Å². The molecule has 0 amide bonds. The van der Waals surface area contributed by atoms with Gasteiger partial charge in [-0.05, 0) is 69.3 Å². The molecular formula is C18H28N2. The van der Waals surface area contributed by atoms with Crippen molar-refractivity contribution in [3.63, 3.8) is 0 Å². The van der Waals surface area contributed by atoms with Gasteiger partial charge < -0.3 is 5.32 Å². The maximum Gasteiger partial charge on any atom is 0.0389 e. The standard InChI is InChI=1S/C18H28N2/c1-14-9-10-16(12-15(14)2)19-17-6-5-11-20(13-17)18-7-3-4-8-18/h9-10,12,17-19H,3-8,11,13H2,1-2H3. The predicted molar refractivity (Wildman–Crippen MR) is 86.4 cm³/mol. The third-order valence-electron chi connectivity index (χ3n) is 5.17. The summed E-state index contributed by atoms with van der Waals surface area (Å²) in [6.45, 7) is 6.93. The second kappa shape index (κ2) is 6.17. The normalized spacial score (nSPS) is 25.0. The second-order valence-electron chi connectivity index (χ2n) is 6.72. The molecule has 1 aliphatic heterocycles. The van der Waals surface area contributed by atoms with Crippen molar-refractivity contribution in [1.82, 2.24) is 4.90 Å². The van der Waals surface area contributed by atoms with Gasteiger partial charge in [-0.15, -0.1) is 0 Å². The molecule has 1 aromatic rings. The molecule has 1 unspecified atom stereocenters. The monoisotopic (exact) mass is 272 g/mol. The van der Waals surface area contributed by atoms with Crippen LogP contribution >= 0.6 is 0 Å². The number of anilines is 1. The van der Waals surface area contributed by atoms with E-state index < -0.39 is 0 Å². The summed E-state index contributed by atoms with van der Waals surface area (Å²) in [6.07, 6.45) is 8.40. The van der Waals surface area contributed by atoms with Crippen LogP contribution in [0.4, 0.5) is 5.69 Å². The fraction of sp³-hybridized carbons (Fsp3) is 0.667. The molecule has 0 aromatic heterocycles. The SMILES string of the molecule is Cc1ccc(NC2CCCN(C3CCCC3)C2)cc1C. The van der Waals surface area contributed by atoms with Crippen molar-refractivity contribution in [2.45, 2.75) is 64.5 Å². The van der Waals surface area contributed by atoms with Crippen LogP contribution in [0.25, 0.3) is 0 Å². The van der Waals surface area contributed by atoms with Crippen LogP contribution in [-0.2, 0) is 0 Å². The van der Waals surface area contributed by atoms with Crippen LogP contribution in [0, 0.1) is 13.8 Å². The number of benzene rings is 1. The van der Waals surface area contributed by atoms with Gasteiger partial charge >= 0.3 is 0 Å². The Labute approximate surface area is 123 Å². The molecule has 0 radical (unpaired) electrons. The van der Waals surface area contributed by atoms with E-state index in [4.69, 9.17) is 0 Å². The Bertz CT molecular complexity index is 449. The smallest absolute Gasteiger partial charge is 0.0389 e. The molecule has 1 atom stereocenters. The van der Waals surface area contributed by atoms with Crippen LogP contribution in [0.15, 0.2) is 18.2 Å². The van der Waals surface area contributed by atoms with Crippen molar-refractivity contribution in [3.8, 4) is 0 Å². The van der Waals surface area contributed by atoms with Crippen LogP contribution in [0.1, 0.15) is 49.7 Å². The molecule has 3 rings (SSSR count). The average Bonchev–Trinajstić information content (AvgIpc) is 2.97. The Hall–Kier alpha value is -1.02. The Morgan fingerprint density at radius 1 is 1.00 bits per heavy atom. The summed E-state index contributed by atoms with van der Waals surface area (Å²) in [5.74, 6) is 0. The Balaban J connectivity index is 1.60. The lowest BCUT2D eigenvalue weighted by Crippen LogP contribution is -2.46. The summed E-state index contributed by atoms with van der Waals surface area (Å²) < 4.78 is 0. The fourth-order valence-corrected chi connectivity index (χ4v) is 3.79. The van der Waals surface area contributed by atoms with Crippen molar-refractivity contribution in [1.29, 1.82) is 0 Å². The summed E-state index contributed by atoms with van der Waals surface area (Å²) in [5.41, 5.74) is 4.07. The lowest BCUT2D eigenvalue weighted by Gasteiger charge is -2.37. The Morgan fingerprint density at radius 3 is 2.55 bits per heavy atom. The summed E-state index contributed by atoms with van der Waals surface area (Å²) in [6, 6.07) is 8.27. The maximum absolute atomic E-state index is 3.76. The number of nitrogens with one attached hydrogen (secondary N) is 1. The van der Waals surface area contributed by atoms with Crippen molar-refractivity contribution in [2.24, 2.45) is 0 Å². The fourth-order valence-electron chi connectivity index (χ4n) is 3.79. The molecule has 110 valence electrons. The van der Waals surface area contributed by atoms with Gasteiger partial charge in [0.25, 0.3) is 0 Å². The van der Waals surface area contributed by atoms with E-state index in [2.05, 4.69) is 42.3 Å². The molecule has 1 heterocycles. The van der Waals surface area contributed by atoms with E-state index >= 15 is 0 Å². The topological polar surface area (TPSA) is 15.3 Å². The van der Waals surface area contributed by atoms with E-state index in [0.717, 1.165) is 6.04 Å². The molecule has 20 heavy (non-hydrogen) atoms. The predicted octanol–water partition coefficient (Wildman–Crippen LogP) is 4.12. The first-order valence-electron chi connectivity index (χ1n) is 8.30. The number of hydrogen-bond acceptors (Lipinski definition) is 2.